The van der Waals surface area contributed by atoms with E-state index in [1.54, 1.807) is 29.4 Å². The van der Waals surface area contributed by atoms with Gasteiger partial charge in [-0.05, 0) is 53.2 Å². The molecule has 0 aromatic carbocycles. The molecule has 0 bridgehead atoms. The standard InChI is InChI=1S/C28H38N6O5/c1-27(2,3)22(33-26(38)39-15-16-6-9-30-10-7-16)25(37)34-14-19-20(28(19,4)5)21(34)24(36)32-18(13-29)12-17-8-11-31-23(17)35/h6-7,9-10,17-22H,8,11-12,14-15H2,1-5H3,(H,31,35)(H,32,36)(H,33,38)/t17-,18-,19-,20-,21-,22+/m0/s1. The van der Waals surface area contributed by atoms with Crippen LogP contribution in [0.1, 0.15) is 53.0 Å². The SMILES string of the molecule is CC(C)(C)[C@H](NC(=O)OCc1ccncc1)C(=O)N1C[C@H]2[C@@H]([C@H]1C(=O)N[C@H](C#N)C[C@@H]1CCNC1=O)C2(C)C. The van der Waals surface area contributed by atoms with E-state index in [-0.39, 0.29) is 48.0 Å². The first-order valence-corrected chi connectivity index (χ1v) is 13.4. The van der Waals surface area contributed by atoms with Crippen molar-refractivity contribution in [3.63, 3.8) is 0 Å². The number of pyridine rings is 1. The first kappa shape index (κ1) is 28.3. The summed E-state index contributed by atoms with van der Waals surface area (Å²) in [7, 11) is 0. The van der Waals surface area contributed by atoms with E-state index in [4.69, 9.17) is 4.74 Å². The number of alkyl carbamates (subject to hydrolysis) is 1. The van der Waals surface area contributed by atoms with Gasteiger partial charge in [0.25, 0.3) is 0 Å². The minimum absolute atomic E-state index is 0.0288. The monoisotopic (exact) mass is 538 g/mol. The fraction of sp³-hybridized carbons (Fsp3) is 0.643. The lowest BCUT2D eigenvalue weighted by molar-refractivity contribution is -0.144. The summed E-state index contributed by atoms with van der Waals surface area (Å²) in [6.07, 6.45) is 3.31. The number of carbonyl (C=O) groups excluding carboxylic acids is 4. The average Bonchev–Trinajstić information content (AvgIpc) is 3.23. The Bertz CT molecular complexity index is 1160. The van der Waals surface area contributed by atoms with Crippen LogP contribution in [-0.2, 0) is 25.7 Å². The largest absolute Gasteiger partial charge is 0.445 e. The van der Waals surface area contributed by atoms with Crippen molar-refractivity contribution in [3.8, 4) is 6.07 Å². The lowest BCUT2D eigenvalue weighted by Crippen LogP contribution is -2.59. The molecule has 1 saturated carbocycles. The topological polar surface area (TPSA) is 154 Å². The quantitative estimate of drug-likeness (QED) is 0.456. The van der Waals surface area contributed by atoms with Crippen molar-refractivity contribution in [1.82, 2.24) is 25.8 Å². The molecule has 2 aliphatic heterocycles. The van der Waals surface area contributed by atoms with Gasteiger partial charge in [-0.25, -0.2) is 4.79 Å². The van der Waals surface area contributed by atoms with Gasteiger partial charge in [-0.15, -0.1) is 0 Å². The molecular formula is C28H38N6O5. The molecular weight excluding hydrogens is 500 g/mol. The molecule has 3 N–H and O–H groups in total. The molecule has 11 nitrogen and oxygen atoms in total. The third-order valence-corrected chi connectivity index (χ3v) is 8.41. The van der Waals surface area contributed by atoms with Gasteiger partial charge in [-0.1, -0.05) is 34.6 Å². The molecule has 210 valence electrons. The number of amides is 4. The fourth-order valence-electron chi connectivity index (χ4n) is 5.97. The molecule has 0 unspecified atom stereocenters. The van der Waals surface area contributed by atoms with Crippen molar-refractivity contribution in [2.24, 2.45) is 28.6 Å². The van der Waals surface area contributed by atoms with Crippen LogP contribution < -0.4 is 16.0 Å². The minimum Gasteiger partial charge on any atom is -0.445 e. The fourth-order valence-corrected chi connectivity index (χ4v) is 5.97. The lowest BCUT2D eigenvalue weighted by atomic mass is 9.85. The molecule has 1 aliphatic carbocycles. The smallest absolute Gasteiger partial charge is 0.408 e. The second-order valence-corrected chi connectivity index (χ2v) is 12.5. The molecule has 2 saturated heterocycles. The van der Waals surface area contributed by atoms with Crippen LogP contribution in [-0.4, -0.2) is 64.9 Å². The van der Waals surface area contributed by atoms with Crippen molar-refractivity contribution >= 4 is 23.8 Å². The van der Waals surface area contributed by atoms with Gasteiger partial charge in [0, 0.05) is 31.4 Å². The molecule has 39 heavy (non-hydrogen) atoms. The van der Waals surface area contributed by atoms with Gasteiger partial charge >= 0.3 is 6.09 Å². The van der Waals surface area contributed by atoms with Crippen molar-refractivity contribution in [2.45, 2.75) is 72.2 Å². The normalized spacial score (nSPS) is 26.5. The van der Waals surface area contributed by atoms with Gasteiger partial charge in [-0.2, -0.15) is 5.26 Å². The zero-order chi connectivity index (χ0) is 28.5. The molecule has 4 amide bonds. The molecule has 0 radical (unpaired) electrons. The van der Waals surface area contributed by atoms with Crippen molar-refractivity contribution in [3.05, 3.63) is 30.1 Å². The molecule has 3 heterocycles. The molecule has 6 atom stereocenters. The van der Waals surface area contributed by atoms with Crippen molar-refractivity contribution in [2.75, 3.05) is 13.1 Å². The van der Waals surface area contributed by atoms with E-state index < -0.39 is 35.5 Å². The van der Waals surface area contributed by atoms with Crippen LogP contribution in [0.4, 0.5) is 4.79 Å². The van der Waals surface area contributed by atoms with Gasteiger partial charge in [-0.3, -0.25) is 19.4 Å². The number of piperidine rings is 1. The highest BCUT2D eigenvalue weighted by Gasteiger charge is 2.69. The lowest BCUT2D eigenvalue weighted by Gasteiger charge is -2.37. The van der Waals surface area contributed by atoms with Gasteiger partial charge in [0.1, 0.15) is 24.7 Å². The van der Waals surface area contributed by atoms with E-state index in [0.717, 1.165) is 5.56 Å². The van der Waals surface area contributed by atoms with E-state index in [2.05, 4.69) is 40.9 Å². The summed E-state index contributed by atoms with van der Waals surface area (Å²) < 4.78 is 5.35. The predicted molar refractivity (Wildman–Crippen MR) is 140 cm³/mol. The number of ether oxygens (including phenoxy) is 1. The Labute approximate surface area is 229 Å². The van der Waals surface area contributed by atoms with Crippen LogP contribution in [0.15, 0.2) is 24.5 Å². The highest BCUT2D eigenvalue weighted by atomic mass is 16.5. The third-order valence-electron chi connectivity index (χ3n) is 8.41. The van der Waals surface area contributed by atoms with Gasteiger partial charge in [0.05, 0.1) is 6.07 Å². The molecule has 11 heteroatoms. The van der Waals surface area contributed by atoms with E-state index in [9.17, 15) is 24.4 Å². The van der Waals surface area contributed by atoms with Gasteiger partial charge < -0.3 is 25.6 Å². The Balaban J connectivity index is 1.46. The number of hydrogen-bond donors (Lipinski definition) is 3. The average molecular weight is 539 g/mol. The second kappa shape index (κ2) is 10.8. The third kappa shape index (κ3) is 6.00. The number of likely N-dealkylation sites (tertiary alicyclic amines) is 1. The summed E-state index contributed by atoms with van der Waals surface area (Å²) in [6.45, 7) is 10.6. The summed E-state index contributed by atoms with van der Waals surface area (Å²) >= 11 is 0. The zero-order valence-electron chi connectivity index (χ0n) is 23.2. The zero-order valence-corrected chi connectivity index (χ0v) is 23.2. The van der Waals surface area contributed by atoms with E-state index in [1.165, 1.54) is 0 Å². The summed E-state index contributed by atoms with van der Waals surface area (Å²) in [4.78, 5) is 57.7. The Morgan fingerprint density at radius 2 is 1.95 bits per heavy atom. The maximum absolute atomic E-state index is 13.9. The molecule has 3 aliphatic rings. The number of fused-ring (bicyclic) bond motifs is 1. The van der Waals surface area contributed by atoms with E-state index >= 15 is 0 Å². The summed E-state index contributed by atoms with van der Waals surface area (Å²) in [6, 6.07) is 3.01. The first-order chi connectivity index (χ1) is 18.3. The number of nitriles is 1. The van der Waals surface area contributed by atoms with Gasteiger partial charge in [0.15, 0.2) is 0 Å². The maximum atomic E-state index is 13.9. The number of nitrogens with one attached hydrogen (secondary N) is 3. The van der Waals surface area contributed by atoms with Crippen LogP contribution in [0.2, 0.25) is 0 Å². The number of hydrogen-bond acceptors (Lipinski definition) is 7. The summed E-state index contributed by atoms with van der Waals surface area (Å²) in [5.74, 6) is -1.13. The van der Waals surface area contributed by atoms with Crippen LogP contribution in [0, 0.1) is 39.9 Å². The van der Waals surface area contributed by atoms with Crippen LogP contribution in [0.3, 0.4) is 0 Å². The van der Waals surface area contributed by atoms with Crippen LogP contribution in [0.25, 0.3) is 0 Å². The first-order valence-electron chi connectivity index (χ1n) is 13.4. The Hall–Kier alpha value is -3.68. The van der Waals surface area contributed by atoms with E-state index in [0.29, 0.717) is 19.5 Å². The number of rotatable bonds is 8. The predicted octanol–water partition coefficient (Wildman–Crippen LogP) is 1.74. The second-order valence-electron chi connectivity index (χ2n) is 12.5. The van der Waals surface area contributed by atoms with Crippen molar-refractivity contribution < 1.29 is 23.9 Å². The highest BCUT2D eigenvalue weighted by molar-refractivity contribution is 5.93. The van der Waals surface area contributed by atoms with Gasteiger partial charge in [0.2, 0.25) is 17.7 Å². The number of nitrogens with zero attached hydrogens (tertiary/aromatic N) is 3. The summed E-state index contributed by atoms with van der Waals surface area (Å²) in [5, 5.41) is 18.0. The van der Waals surface area contributed by atoms with Crippen LogP contribution >= 0.6 is 0 Å². The Morgan fingerprint density at radius 1 is 1.26 bits per heavy atom. The Morgan fingerprint density at radius 3 is 2.54 bits per heavy atom. The molecule has 1 aromatic rings. The highest BCUT2D eigenvalue weighted by Crippen LogP contribution is 2.65. The van der Waals surface area contributed by atoms with E-state index in [1.807, 2.05) is 20.8 Å². The minimum atomic E-state index is -0.938. The molecule has 0 spiro atoms. The van der Waals surface area contributed by atoms with Crippen molar-refractivity contribution in [1.29, 1.82) is 5.26 Å². The Kier molecular flexibility index (Phi) is 7.87. The number of aromatic nitrogens is 1. The number of carbonyl (C=O) groups is 4. The van der Waals surface area contributed by atoms with Crippen LogP contribution in [0.5, 0.6) is 0 Å². The molecule has 4 rings (SSSR count). The summed E-state index contributed by atoms with van der Waals surface area (Å²) in [5.41, 5.74) is -0.0267. The molecule has 3 fully saturated rings. The maximum Gasteiger partial charge on any atom is 0.408 e. The molecule has 1 aromatic heterocycles.